The molecule has 2 aromatic rings. The zero-order valence-corrected chi connectivity index (χ0v) is 12.8. The second-order valence-electron chi connectivity index (χ2n) is 5.84. The number of aliphatic hydroxyl groups excluding tert-OH is 1. The van der Waals surface area contributed by atoms with Crippen LogP contribution in [-0.2, 0) is 5.41 Å². The largest absolute Gasteiger partial charge is 0.394 e. The van der Waals surface area contributed by atoms with Gasteiger partial charge in [-0.25, -0.2) is 4.39 Å². The van der Waals surface area contributed by atoms with Gasteiger partial charge < -0.3 is 10.4 Å². The third kappa shape index (κ3) is 3.58. The van der Waals surface area contributed by atoms with E-state index in [2.05, 4.69) is 32.2 Å². The molecule has 108 valence electrons. The molecule has 0 saturated heterocycles. The number of benzene rings is 1. The number of thiophene rings is 1. The topological polar surface area (TPSA) is 32.3 Å². The first-order chi connectivity index (χ1) is 9.40. The second-order valence-corrected chi connectivity index (χ2v) is 6.95. The third-order valence-electron chi connectivity index (χ3n) is 3.08. The molecule has 1 heterocycles. The van der Waals surface area contributed by atoms with Crippen molar-refractivity contribution in [2.75, 3.05) is 11.9 Å². The minimum Gasteiger partial charge on any atom is -0.394 e. The average Bonchev–Trinajstić information content (AvgIpc) is 2.87. The number of hydrogen-bond acceptors (Lipinski definition) is 3. The standard InChI is InChI=1S/C16H20FNOS/c1-16(2,3)15-9-8-14(20-15)13(10-19)18-12-6-4-11(17)5-7-12/h4-9,13,18-19H,10H2,1-3H3. The molecule has 0 aliphatic carbocycles. The summed E-state index contributed by atoms with van der Waals surface area (Å²) in [5.74, 6) is -0.262. The molecule has 2 rings (SSSR count). The summed E-state index contributed by atoms with van der Waals surface area (Å²) in [6, 6.07) is 10.2. The maximum Gasteiger partial charge on any atom is 0.123 e. The van der Waals surface area contributed by atoms with E-state index in [0.29, 0.717) is 0 Å². The van der Waals surface area contributed by atoms with Crippen molar-refractivity contribution in [3.63, 3.8) is 0 Å². The molecule has 1 unspecified atom stereocenters. The fraction of sp³-hybridized carbons (Fsp3) is 0.375. The Hall–Kier alpha value is -1.39. The molecule has 1 aromatic carbocycles. The highest BCUT2D eigenvalue weighted by Gasteiger charge is 2.19. The Labute approximate surface area is 123 Å². The summed E-state index contributed by atoms with van der Waals surface area (Å²) in [6.07, 6.45) is 0. The van der Waals surface area contributed by atoms with Gasteiger partial charge in [0.2, 0.25) is 0 Å². The van der Waals surface area contributed by atoms with Crippen molar-refractivity contribution in [1.82, 2.24) is 0 Å². The summed E-state index contributed by atoms with van der Waals surface area (Å²) in [7, 11) is 0. The summed E-state index contributed by atoms with van der Waals surface area (Å²) in [5.41, 5.74) is 0.912. The molecule has 0 spiro atoms. The number of aliphatic hydroxyl groups is 1. The molecule has 4 heteroatoms. The summed E-state index contributed by atoms with van der Waals surface area (Å²) in [5, 5.41) is 12.8. The molecule has 0 bridgehead atoms. The minimum absolute atomic E-state index is 0.00146. The number of anilines is 1. The van der Waals surface area contributed by atoms with Crippen LogP contribution in [0.3, 0.4) is 0 Å². The van der Waals surface area contributed by atoms with Gasteiger partial charge in [0.05, 0.1) is 12.6 Å². The van der Waals surface area contributed by atoms with E-state index in [4.69, 9.17) is 0 Å². The lowest BCUT2D eigenvalue weighted by Crippen LogP contribution is -2.13. The number of rotatable bonds is 4. The van der Waals surface area contributed by atoms with Crippen LogP contribution >= 0.6 is 11.3 Å². The first kappa shape index (κ1) is 15.0. The van der Waals surface area contributed by atoms with E-state index in [1.54, 1.807) is 23.5 Å². The van der Waals surface area contributed by atoms with E-state index in [1.807, 2.05) is 6.07 Å². The van der Waals surface area contributed by atoms with Gasteiger partial charge >= 0.3 is 0 Å². The smallest absolute Gasteiger partial charge is 0.123 e. The van der Waals surface area contributed by atoms with Crippen molar-refractivity contribution in [1.29, 1.82) is 0 Å². The first-order valence-electron chi connectivity index (χ1n) is 6.63. The Morgan fingerprint density at radius 2 is 1.80 bits per heavy atom. The molecule has 0 saturated carbocycles. The number of hydrogen-bond donors (Lipinski definition) is 2. The van der Waals surface area contributed by atoms with Crippen LogP contribution in [0.1, 0.15) is 36.6 Å². The summed E-state index contributed by atoms with van der Waals surface area (Å²) in [6.45, 7) is 6.51. The monoisotopic (exact) mass is 293 g/mol. The third-order valence-corrected chi connectivity index (χ3v) is 4.70. The maximum absolute atomic E-state index is 12.9. The quantitative estimate of drug-likeness (QED) is 0.879. The average molecular weight is 293 g/mol. The Bertz CT molecular complexity index is 557. The molecular weight excluding hydrogens is 273 g/mol. The molecule has 0 amide bonds. The van der Waals surface area contributed by atoms with E-state index in [9.17, 15) is 9.50 Å². The Kier molecular flexibility index (Phi) is 4.45. The van der Waals surface area contributed by atoms with Gasteiger partial charge in [-0.3, -0.25) is 0 Å². The fourth-order valence-electron chi connectivity index (χ4n) is 1.90. The van der Waals surface area contributed by atoms with Crippen molar-refractivity contribution in [2.24, 2.45) is 0 Å². The normalized spacial score (nSPS) is 13.2. The molecule has 0 radical (unpaired) electrons. The Balaban J connectivity index is 2.16. The van der Waals surface area contributed by atoms with Gasteiger partial charge in [0, 0.05) is 15.4 Å². The SMILES string of the molecule is CC(C)(C)c1ccc(C(CO)Nc2ccc(F)cc2)s1. The molecule has 1 aromatic heterocycles. The Morgan fingerprint density at radius 1 is 1.15 bits per heavy atom. The van der Waals surface area contributed by atoms with Crippen LogP contribution in [0.15, 0.2) is 36.4 Å². The van der Waals surface area contributed by atoms with E-state index >= 15 is 0 Å². The molecule has 2 N–H and O–H groups in total. The van der Waals surface area contributed by atoms with Gasteiger partial charge in [-0.15, -0.1) is 11.3 Å². The Morgan fingerprint density at radius 3 is 2.30 bits per heavy atom. The predicted octanol–water partition coefficient (Wildman–Crippen LogP) is 4.33. The van der Waals surface area contributed by atoms with Gasteiger partial charge in [-0.2, -0.15) is 0 Å². The van der Waals surface area contributed by atoms with E-state index in [1.165, 1.54) is 17.0 Å². The van der Waals surface area contributed by atoms with Crippen molar-refractivity contribution in [2.45, 2.75) is 32.2 Å². The van der Waals surface area contributed by atoms with Crippen molar-refractivity contribution in [3.8, 4) is 0 Å². The molecule has 0 aliphatic heterocycles. The zero-order valence-electron chi connectivity index (χ0n) is 12.0. The van der Waals surface area contributed by atoms with Crippen LogP contribution in [0.2, 0.25) is 0 Å². The zero-order chi connectivity index (χ0) is 14.8. The van der Waals surface area contributed by atoms with E-state index in [0.717, 1.165) is 10.6 Å². The number of nitrogens with one attached hydrogen (secondary N) is 1. The van der Waals surface area contributed by atoms with Gasteiger partial charge in [-0.05, 0) is 41.8 Å². The second kappa shape index (κ2) is 5.94. The van der Waals surface area contributed by atoms with Crippen molar-refractivity contribution < 1.29 is 9.50 Å². The molecule has 0 fully saturated rings. The van der Waals surface area contributed by atoms with Crippen LogP contribution in [0.25, 0.3) is 0 Å². The van der Waals surface area contributed by atoms with E-state index in [-0.39, 0.29) is 23.9 Å². The van der Waals surface area contributed by atoms with Crippen molar-refractivity contribution in [3.05, 3.63) is 52.0 Å². The molecule has 20 heavy (non-hydrogen) atoms. The van der Waals surface area contributed by atoms with Crippen LogP contribution in [0, 0.1) is 5.82 Å². The van der Waals surface area contributed by atoms with Crippen LogP contribution in [0.4, 0.5) is 10.1 Å². The molecular formula is C16H20FNOS. The van der Waals surface area contributed by atoms with Gasteiger partial charge in [0.25, 0.3) is 0 Å². The van der Waals surface area contributed by atoms with E-state index < -0.39 is 0 Å². The summed E-state index contributed by atoms with van der Waals surface area (Å²) in [4.78, 5) is 2.37. The lowest BCUT2D eigenvalue weighted by atomic mass is 9.95. The molecule has 2 nitrogen and oxygen atoms in total. The van der Waals surface area contributed by atoms with Gasteiger partial charge in [0.15, 0.2) is 0 Å². The van der Waals surface area contributed by atoms with Gasteiger partial charge in [-0.1, -0.05) is 20.8 Å². The highest BCUT2D eigenvalue weighted by atomic mass is 32.1. The van der Waals surface area contributed by atoms with Crippen LogP contribution in [-0.4, -0.2) is 11.7 Å². The fourth-order valence-corrected chi connectivity index (χ4v) is 3.01. The predicted molar refractivity (Wildman–Crippen MR) is 82.9 cm³/mol. The van der Waals surface area contributed by atoms with Crippen LogP contribution in [0.5, 0.6) is 0 Å². The molecule has 0 aliphatic rings. The lowest BCUT2D eigenvalue weighted by molar-refractivity contribution is 0.278. The van der Waals surface area contributed by atoms with Crippen molar-refractivity contribution >= 4 is 17.0 Å². The number of halogens is 1. The highest BCUT2D eigenvalue weighted by Crippen LogP contribution is 2.33. The lowest BCUT2D eigenvalue weighted by Gasteiger charge is -2.18. The molecule has 1 atom stereocenters. The first-order valence-corrected chi connectivity index (χ1v) is 7.45. The summed E-state index contributed by atoms with van der Waals surface area (Å²) >= 11 is 1.70. The highest BCUT2D eigenvalue weighted by molar-refractivity contribution is 7.12. The minimum atomic E-state index is -0.262. The van der Waals surface area contributed by atoms with Gasteiger partial charge in [0.1, 0.15) is 5.82 Å². The summed E-state index contributed by atoms with van der Waals surface area (Å²) < 4.78 is 12.9. The maximum atomic E-state index is 12.9. The van der Waals surface area contributed by atoms with Crippen LogP contribution < -0.4 is 5.32 Å².